The molecule has 1 aromatic rings. The van der Waals surface area contributed by atoms with Crippen molar-refractivity contribution in [2.24, 2.45) is 5.41 Å². The molecule has 0 aliphatic carbocycles. The van der Waals surface area contributed by atoms with Crippen molar-refractivity contribution in [3.63, 3.8) is 0 Å². The Morgan fingerprint density at radius 1 is 1.24 bits per heavy atom. The van der Waals surface area contributed by atoms with Gasteiger partial charge in [-0.15, -0.1) is 0 Å². The van der Waals surface area contributed by atoms with Crippen LogP contribution >= 0.6 is 11.6 Å². The average molecular weight is 314 g/mol. The molecule has 1 amide bonds. The summed E-state index contributed by atoms with van der Waals surface area (Å²) in [6.45, 7) is 6.46. The number of hydrogen-bond donors (Lipinski definition) is 2. The van der Waals surface area contributed by atoms with Crippen molar-refractivity contribution in [1.82, 2.24) is 5.32 Å². The van der Waals surface area contributed by atoms with Gasteiger partial charge in [0.15, 0.2) is 0 Å². The molecule has 0 saturated carbocycles. The number of amides is 1. The maximum Gasteiger partial charge on any atom is 0.311 e. The molecule has 0 radical (unpaired) electrons. The normalized spacial score (nSPS) is 11.9. The highest BCUT2D eigenvalue weighted by molar-refractivity contribution is 6.30. The summed E-state index contributed by atoms with van der Waals surface area (Å²) in [6, 6.07) is 4.65. The molecule has 0 aliphatic heterocycles. The van der Waals surface area contributed by atoms with Gasteiger partial charge in [0.25, 0.3) is 5.91 Å². The average Bonchev–Trinajstić information content (AvgIpc) is 2.37. The van der Waals surface area contributed by atoms with E-state index in [1.54, 1.807) is 39.8 Å². The minimum absolute atomic E-state index is 0.302. The Labute approximate surface area is 129 Å². The second kappa shape index (κ2) is 5.93. The van der Waals surface area contributed by atoms with E-state index in [9.17, 15) is 14.7 Å². The second-order valence-corrected chi connectivity index (χ2v) is 6.29. The highest BCUT2D eigenvalue weighted by Crippen LogP contribution is 2.32. The molecule has 6 heteroatoms. The third-order valence-corrected chi connectivity index (χ3v) is 4.17. The van der Waals surface area contributed by atoms with Gasteiger partial charge in [0.2, 0.25) is 0 Å². The zero-order valence-electron chi connectivity index (χ0n) is 12.8. The zero-order chi connectivity index (χ0) is 16.4. The lowest BCUT2D eigenvalue weighted by atomic mass is 9.74. The molecular formula is C15H20ClNO4. The van der Waals surface area contributed by atoms with Gasteiger partial charge in [0, 0.05) is 5.02 Å². The minimum Gasteiger partial charge on any atom is -0.496 e. The van der Waals surface area contributed by atoms with Gasteiger partial charge in [-0.05, 0) is 45.9 Å². The molecule has 0 unspecified atom stereocenters. The first kappa shape index (κ1) is 17.3. The number of hydrogen-bond acceptors (Lipinski definition) is 3. The third kappa shape index (κ3) is 3.47. The quantitative estimate of drug-likeness (QED) is 0.876. The summed E-state index contributed by atoms with van der Waals surface area (Å²) < 4.78 is 5.13. The SMILES string of the molecule is COc1cc(Cl)ccc1C(=O)NC(C)(C)C(C)(C)C(=O)O. The van der Waals surface area contributed by atoms with E-state index in [0.29, 0.717) is 16.3 Å². The van der Waals surface area contributed by atoms with Gasteiger partial charge >= 0.3 is 5.97 Å². The minimum atomic E-state index is -1.14. The smallest absolute Gasteiger partial charge is 0.311 e. The van der Waals surface area contributed by atoms with Crippen molar-refractivity contribution in [3.05, 3.63) is 28.8 Å². The molecule has 0 aliphatic rings. The van der Waals surface area contributed by atoms with Crippen LogP contribution in [-0.2, 0) is 4.79 Å². The molecule has 0 saturated heterocycles. The number of aliphatic carboxylic acids is 1. The number of carboxylic acid groups (broad SMARTS) is 1. The van der Waals surface area contributed by atoms with Gasteiger partial charge in [-0.3, -0.25) is 9.59 Å². The molecule has 21 heavy (non-hydrogen) atoms. The van der Waals surface area contributed by atoms with E-state index < -0.39 is 22.8 Å². The molecule has 1 aromatic carbocycles. The van der Waals surface area contributed by atoms with Gasteiger partial charge < -0.3 is 15.2 Å². The number of nitrogens with one attached hydrogen (secondary N) is 1. The molecule has 0 heterocycles. The summed E-state index contributed by atoms with van der Waals surface area (Å²) in [5.74, 6) is -1.07. The fraction of sp³-hybridized carbons (Fsp3) is 0.467. The highest BCUT2D eigenvalue weighted by Gasteiger charge is 2.44. The van der Waals surface area contributed by atoms with Crippen LogP contribution in [0.4, 0.5) is 0 Å². The van der Waals surface area contributed by atoms with Crippen molar-refractivity contribution >= 4 is 23.5 Å². The van der Waals surface area contributed by atoms with Gasteiger partial charge in [0.05, 0.1) is 23.6 Å². The van der Waals surface area contributed by atoms with Crippen LogP contribution in [-0.4, -0.2) is 29.6 Å². The Morgan fingerprint density at radius 2 is 1.81 bits per heavy atom. The van der Waals surface area contributed by atoms with Crippen molar-refractivity contribution < 1.29 is 19.4 Å². The van der Waals surface area contributed by atoms with E-state index in [-0.39, 0.29) is 0 Å². The van der Waals surface area contributed by atoms with E-state index >= 15 is 0 Å². The number of carbonyl (C=O) groups is 2. The van der Waals surface area contributed by atoms with E-state index in [1.165, 1.54) is 13.2 Å². The van der Waals surface area contributed by atoms with E-state index in [4.69, 9.17) is 16.3 Å². The number of rotatable bonds is 5. The van der Waals surface area contributed by atoms with Crippen LogP contribution < -0.4 is 10.1 Å². The predicted molar refractivity (Wildman–Crippen MR) is 81.0 cm³/mol. The molecular weight excluding hydrogens is 294 g/mol. The van der Waals surface area contributed by atoms with Crippen molar-refractivity contribution in [1.29, 1.82) is 0 Å². The number of methoxy groups -OCH3 is 1. The Balaban J connectivity index is 3.09. The summed E-state index contributed by atoms with van der Waals surface area (Å²) in [4.78, 5) is 23.8. The Hall–Kier alpha value is -1.75. The van der Waals surface area contributed by atoms with Crippen LogP contribution in [0.1, 0.15) is 38.1 Å². The van der Waals surface area contributed by atoms with Crippen molar-refractivity contribution in [2.45, 2.75) is 33.2 Å². The van der Waals surface area contributed by atoms with Gasteiger partial charge in [-0.1, -0.05) is 11.6 Å². The largest absolute Gasteiger partial charge is 0.496 e. The topological polar surface area (TPSA) is 75.6 Å². The van der Waals surface area contributed by atoms with Crippen LogP contribution in [0, 0.1) is 5.41 Å². The maximum absolute atomic E-state index is 12.4. The summed E-state index contributed by atoms with van der Waals surface area (Å²) in [6.07, 6.45) is 0. The third-order valence-electron chi connectivity index (χ3n) is 3.93. The number of carbonyl (C=O) groups excluding carboxylic acids is 1. The molecule has 0 fully saturated rings. The van der Waals surface area contributed by atoms with E-state index in [2.05, 4.69) is 5.32 Å². The summed E-state index contributed by atoms with van der Waals surface area (Å²) in [5.41, 5.74) is -1.79. The van der Waals surface area contributed by atoms with Crippen LogP contribution in [0.3, 0.4) is 0 Å². The first-order valence-electron chi connectivity index (χ1n) is 6.42. The van der Waals surface area contributed by atoms with Crippen LogP contribution in [0.15, 0.2) is 18.2 Å². The van der Waals surface area contributed by atoms with Crippen LogP contribution in [0.25, 0.3) is 0 Å². The Bertz CT molecular complexity index is 567. The van der Waals surface area contributed by atoms with Crippen molar-refractivity contribution in [3.8, 4) is 5.75 Å². The second-order valence-electron chi connectivity index (χ2n) is 5.85. The van der Waals surface area contributed by atoms with Crippen LogP contribution in [0.5, 0.6) is 5.75 Å². The monoisotopic (exact) mass is 313 g/mol. The molecule has 0 atom stereocenters. The number of halogens is 1. The lowest BCUT2D eigenvalue weighted by molar-refractivity contribution is -0.150. The van der Waals surface area contributed by atoms with E-state index in [0.717, 1.165) is 0 Å². The molecule has 116 valence electrons. The first-order valence-corrected chi connectivity index (χ1v) is 6.80. The number of ether oxygens (including phenoxy) is 1. The standard InChI is InChI=1S/C15H20ClNO4/c1-14(2,13(19)20)15(3,4)17-12(18)10-7-6-9(16)8-11(10)21-5/h6-8H,1-5H3,(H,17,18)(H,19,20). The van der Waals surface area contributed by atoms with Gasteiger partial charge in [-0.2, -0.15) is 0 Å². The Morgan fingerprint density at radius 3 is 2.29 bits per heavy atom. The Kier molecular flexibility index (Phi) is 4.89. The van der Waals surface area contributed by atoms with Crippen molar-refractivity contribution in [2.75, 3.05) is 7.11 Å². The molecule has 5 nitrogen and oxygen atoms in total. The van der Waals surface area contributed by atoms with Crippen LogP contribution in [0.2, 0.25) is 5.02 Å². The number of carboxylic acids is 1. The van der Waals surface area contributed by atoms with E-state index in [1.807, 2.05) is 0 Å². The summed E-state index contributed by atoms with van der Waals surface area (Å²) in [5, 5.41) is 12.5. The first-order chi connectivity index (χ1) is 9.52. The van der Waals surface area contributed by atoms with Gasteiger partial charge in [0.1, 0.15) is 5.75 Å². The summed E-state index contributed by atoms with van der Waals surface area (Å²) in [7, 11) is 1.44. The zero-order valence-corrected chi connectivity index (χ0v) is 13.5. The molecule has 1 rings (SSSR count). The maximum atomic E-state index is 12.4. The fourth-order valence-electron chi connectivity index (χ4n) is 1.63. The highest BCUT2D eigenvalue weighted by atomic mass is 35.5. The fourth-order valence-corrected chi connectivity index (χ4v) is 1.79. The lowest BCUT2D eigenvalue weighted by Gasteiger charge is -2.38. The molecule has 2 N–H and O–H groups in total. The predicted octanol–water partition coefficient (Wildman–Crippen LogP) is 2.97. The molecule has 0 bridgehead atoms. The lowest BCUT2D eigenvalue weighted by Crippen LogP contribution is -2.57. The number of benzene rings is 1. The van der Waals surface area contributed by atoms with Gasteiger partial charge in [-0.25, -0.2) is 0 Å². The molecule has 0 aromatic heterocycles. The summed E-state index contributed by atoms with van der Waals surface area (Å²) >= 11 is 5.86. The molecule has 0 spiro atoms.